The smallest absolute Gasteiger partial charge is 0.343 e. The number of nitrogens with one attached hydrogen (secondary N) is 2. The van der Waals surface area contributed by atoms with Crippen LogP contribution in [0, 0.1) is 6.92 Å². The van der Waals surface area contributed by atoms with Crippen molar-refractivity contribution in [1.29, 1.82) is 0 Å². The molecule has 3 amide bonds. The van der Waals surface area contributed by atoms with Gasteiger partial charge in [-0.15, -0.1) is 0 Å². The van der Waals surface area contributed by atoms with Crippen LogP contribution in [-0.4, -0.2) is 41.6 Å². The third-order valence-electron chi connectivity index (χ3n) is 3.66. The van der Waals surface area contributed by atoms with Crippen molar-refractivity contribution in [2.75, 3.05) is 18.9 Å². The van der Waals surface area contributed by atoms with Gasteiger partial charge in [0.1, 0.15) is 6.54 Å². The normalized spacial score (nSPS) is 11.0. The third kappa shape index (κ3) is 6.28. The topological polar surface area (TPSA) is 74.3 Å². The summed E-state index contributed by atoms with van der Waals surface area (Å²) in [6.45, 7) is 0.567. The number of alkyl halides is 3. The van der Waals surface area contributed by atoms with Crippen molar-refractivity contribution in [3.63, 3.8) is 0 Å². The Hall–Kier alpha value is -3.10. The van der Waals surface area contributed by atoms with Gasteiger partial charge < -0.3 is 15.5 Å². The molecular formula is C18H19F3N4O2. The van der Waals surface area contributed by atoms with Crippen LogP contribution in [0.3, 0.4) is 0 Å². The number of carbonyl (C=O) groups excluding carboxylic acids is 2. The first-order valence-corrected chi connectivity index (χ1v) is 8.03. The van der Waals surface area contributed by atoms with E-state index < -0.39 is 24.7 Å². The van der Waals surface area contributed by atoms with E-state index in [-0.39, 0.29) is 12.1 Å². The zero-order chi connectivity index (χ0) is 20.0. The fourth-order valence-electron chi connectivity index (χ4n) is 2.20. The second kappa shape index (κ2) is 8.52. The van der Waals surface area contributed by atoms with Gasteiger partial charge in [0.25, 0.3) is 5.91 Å². The number of nitrogens with zero attached hydrogens (tertiary/aromatic N) is 2. The van der Waals surface area contributed by atoms with Gasteiger partial charge in [-0.1, -0.05) is 12.1 Å². The van der Waals surface area contributed by atoms with E-state index in [4.69, 9.17) is 0 Å². The third-order valence-corrected chi connectivity index (χ3v) is 3.66. The number of anilines is 1. The fraction of sp³-hybridized carbons (Fsp3) is 0.278. The highest BCUT2D eigenvalue weighted by Gasteiger charge is 2.28. The average molecular weight is 380 g/mol. The maximum Gasteiger partial charge on any atom is 0.405 e. The molecule has 0 aliphatic rings. The molecule has 2 rings (SSSR count). The first-order chi connectivity index (χ1) is 12.7. The van der Waals surface area contributed by atoms with E-state index in [1.165, 1.54) is 17.0 Å². The molecule has 2 aromatic rings. The molecule has 1 aromatic carbocycles. The zero-order valence-corrected chi connectivity index (χ0v) is 14.8. The van der Waals surface area contributed by atoms with Crippen LogP contribution in [-0.2, 0) is 6.54 Å². The molecular weight excluding hydrogens is 361 g/mol. The highest BCUT2D eigenvalue weighted by atomic mass is 19.4. The number of carbonyl (C=O) groups is 2. The lowest BCUT2D eigenvalue weighted by Gasteiger charge is -2.19. The Morgan fingerprint density at radius 3 is 2.56 bits per heavy atom. The molecule has 0 saturated heterocycles. The maximum atomic E-state index is 12.3. The van der Waals surface area contributed by atoms with Gasteiger partial charge in [-0.05, 0) is 36.8 Å². The molecule has 0 aliphatic heterocycles. The molecule has 0 spiro atoms. The highest BCUT2D eigenvalue weighted by Crippen LogP contribution is 2.18. The van der Waals surface area contributed by atoms with Crippen molar-refractivity contribution in [1.82, 2.24) is 15.2 Å². The van der Waals surface area contributed by atoms with Crippen molar-refractivity contribution in [2.45, 2.75) is 19.6 Å². The Bertz CT molecular complexity index is 810. The number of aryl methyl sites for hydroxylation is 1. The van der Waals surface area contributed by atoms with Gasteiger partial charge in [0.2, 0.25) is 0 Å². The van der Waals surface area contributed by atoms with Crippen molar-refractivity contribution >= 4 is 17.6 Å². The predicted molar refractivity (Wildman–Crippen MR) is 94.3 cm³/mol. The summed E-state index contributed by atoms with van der Waals surface area (Å²) >= 11 is 0. The summed E-state index contributed by atoms with van der Waals surface area (Å²) < 4.78 is 36.7. The summed E-state index contributed by atoms with van der Waals surface area (Å²) in [6.07, 6.45) is -2.88. The minimum atomic E-state index is -4.49. The second-order valence-corrected chi connectivity index (χ2v) is 5.93. The molecule has 144 valence electrons. The number of pyridine rings is 1. The fourth-order valence-corrected chi connectivity index (χ4v) is 2.20. The number of benzene rings is 1. The predicted octanol–water partition coefficient (Wildman–Crippen LogP) is 3.35. The van der Waals surface area contributed by atoms with Gasteiger partial charge in [0, 0.05) is 24.5 Å². The number of halogens is 3. The van der Waals surface area contributed by atoms with Crippen LogP contribution in [0.1, 0.15) is 21.6 Å². The number of hydrogen-bond donors (Lipinski definition) is 2. The minimum Gasteiger partial charge on any atom is -0.343 e. The van der Waals surface area contributed by atoms with E-state index >= 15 is 0 Å². The van der Waals surface area contributed by atoms with E-state index in [1.807, 2.05) is 0 Å². The van der Waals surface area contributed by atoms with E-state index in [0.717, 1.165) is 0 Å². The molecule has 9 heteroatoms. The van der Waals surface area contributed by atoms with E-state index in [0.29, 0.717) is 16.9 Å². The first-order valence-electron chi connectivity index (χ1n) is 8.03. The van der Waals surface area contributed by atoms with Crippen LogP contribution >= 0.6 is 0 Å². The lowest BCUT2D eigenvalue weighted by molar-refractivity contribution is -0.123. The molecule has 27 heavy (non-hydrogen) atoms. The Kier molecular flexibility index (Phi) is 6.38. The van der Waals surface area contributed by atoms with Crippen LogP contribution in [0.2, 0.25) is 0 Å². The van der Waals surface area contributed by atoms with Gasteiger partial charge in [0.05, 0.1) is 12.2 Å². The lowest BCUT2D eigenvalue weighted by atomic mass is 10.1. The molecule has 2 N–H and O–H groups in total. The van der Waals surface area contributed by atoms with Crippen LogP contribution < -0.4 is 10.6 Å². The quantitative estimate of drug-likeness (QED) is 0.836. The number of hydrogen-bond acceptors (Lipinski definition) is 3. The molecule has 0 aliphatic carbocycles. The average Bonchev–Trinajstić information content (AvgIpc) is 2.61. The summed E-state index contributed by atoms with van der Waals surface area (Å²) in [4.78, 5) is 29.8. The number of amides is 3. The molecule has 0 atom stereocenters. The van der Waals surface area contributed by atoms with Gasteiger partial charge >= 0.3 is 12.2 Å². The van der Waals surface area contributed by atoms with Crippen LogP contribution in [0.5, 0.6) is 0 Å². The zero-order valence-electron chi connectivity index (χ0n) is 14.8. The number of aromatic nitrogens is 1. The van der Waals surface area contributed by atoms with Gasteiger partial charge in [0.15, 0.2) is 0 Å². The van der Waals surface area contributed by atoms with Crippen molar-refractivity contribution in [3.8, 4) is 0 Å². The monoisotopic (exact) mass is 380 g/mol. The van der Waals surface area contributed by atoms with Gasteiger partial charge in [-0.3, -0.25) is 9.78 Å². The maximum absolute atomic E-state index is 12.3. The SMILES string of the molecule is Cc1ccc(C(=O)NCC(F)(F)F)cc1NC(=O)N(C)Cc1ccccn1. The number of rotatable bonds is 5. The summed E-state index contributed by atoms with van der Waals surface area (Å²) in [7, 11) is 1.58. The highest BCUT2D eigenvalue weighted by molar-refractivity contribution is 5.97. The number of urea groups is 1. The standard InChI is InChI=1S/C18H19F3N4O2/c1-12-6-7-13(16(26)23-11-18(19,20)21)9-15(12)24-17(27)25(2)10-14-5-3-4-8-22-14/h3-9H,10-11H2,1-2H3,(H,23,26)(H,24,27). The summed E-state index contributed by atoms with van der Waals surface area (Å²) in [6, 6.07) is 9.21. The second-order valence-electron chi connectivity index (χ2n) is 5.93. The molecule has 0 bridgehead atoms. The van der Waals surface area contributed by atoms with Crippen molar-refractivity contribution < 1.29 is 22.8 Å². The molecule has 0 unspecified atom stereocenters. The van der Waals surface area contributed by atoms with E-state index in [2.05, 4.69) is 10.3 Å². The van der Waals surface area contributed by atoms with Crippen LogP contribution in [0.15, 0.2) is 42.6 Å². The van der Waals surface area contributed by atoms with E-state index in [1.54, 1.807) is 49.8 Å². The first kappa shape index (κ1) is 20.2. The molecule has 0 fully saturated rings. The van der Waals surface area contributed by atoms with Gasteiger partial charge in [-0.25, -0.2) is 4.79 Å². The van der Waals surface area contributed by atoms with Crippen LogP contribution in [0.25, 0.3) is 0 Å². The summed E-state index contributed by atoms with van der Waals surface area (Å²) in [5.74, 6) is -0.871. The molecule has 0 radical (unpaired) electrons. The van der Waals surface area contributed by atoms with Crippen molar-refractivity contribution in [3.05, 3.63) is 59.4 Å². The summed E-state index contributed by atoms with van der Waals surface area (Å²) in [5, 5.41) is 4.45. The minimum absolute atomic E-state index is 0.0209. The Balaban J connectivity index is 2.04. The van der Waals surface area contributed by atoms with Gasteiger partial charge in [-0.2, -0.15) is 13.2 Å². The largest absolute Gasteiger partial charge is 0.405 e. The molecule has 6 nitrogen and oxygen atoms in total. The Labute approximate surface area is 154 Å². The van der Waals surface area contributed by atoms with Crippen molar-refractivity contribution in [2.24, 2.45) is 0 Å². The molecule has 1 aromatic heterocycles. The van der Waals surface area contributed by atoms with E-state index in [9.17, 15) is 22.8 Å². The Morgan fingerprint density at radius 2 is 1.93 bits per heavy atom. The lowest BCUT2D eigenvalue weighted by Crippen LogP contribution is -2.34. The Morgan fingerprint density at radius 1 is 1.19 bits per heavy atom. The molecule has 1 heterocycles. The summed E-state index contributed by atoms with van der Waals surface area (Å²) in [5.41, 5.74) is 1.73. The molecule has 0 saturated carbocycles. The van der Waals surface area contributed by atoms with Crippen LogP contribution in [0.4, 0.5) is 23.7 Å².